The van der Waals surface area contributed by atoms with E-state index in [2.05, 4.69) is 10.1 Å². The molecular weight excluding hydrogens is 294 g/mol. The summed E-state index contributed by atoms with van der Waals surface area (Å²) in [5.41, 5.74) is 0.0545. The van der Waals surface area contributed by atoms with Crippen LogP contribution < -0.4 is 14.8 Å². The van der Waals surface area contributed by atoms with Crippen molar-refractivity contribution >= 4 is 23.8 Å². The van der Waals surface area contributed by atoms with E-state index in [4.69, 9.17) is 9.47 Å². The molecule has 0 unspecified atom stereocenters. The Morgan fingerprint density at radius 1 is 0.955 bits per heavy atom. The monoisotopic (exact) mass is 309 g/mol. The van der Waals surface area contributed by atoms with Gasteiger partial charge in [-0.1, -0.05) is 0 Å². The number of nitrogens with one attached hydrogen (secondary N) is 1. The van der Waals surface area contributed by atoms with Crippen molar-refractivity contribution in [3.8, 4) is 11.5 Å². The quantitative estimate of drug-likeness (QED) is 0.621. The first-order valence-corrected chi connectivity index (χ1v) is 6.18. The summed E-state index contributed by atoms with van der Waals surface area (Å²) in [6, 6.07) is 3.85. The first-order valence-electron chi connectivity index (χ1n) is 6.18. The average Bonchev–Trinajstić information content (AvgIpc) is 2.42. The number of methoxy groups -OCH3 is 1. The molecule has 8 heteroatoms. The van der Waals surface area contributed by atoms with Gasteiger partial charge < -0.3 is 19.5 Å². The summed E-state index contributed by atoms with van der Waals surface area (Å²) in [5.74, 6) is -2.36. The number of ether oxygens (including phenoxy) is 3. The maximum absolute atomic E-state index is 11.9. The standard InChI is InChI=1S/C14H15NO7/c1-8(16)21-11-4-10(5-12(6-11)22-9(2)17)14(19)15-7-13(18)20-3/h4-6H,7H2,1-3H3,(H,15,19). The number of amides is 1. The van der Waals surface area contributed by atoms with Crippen LogP contribution in [0.4, 0.5) is 0 Å². The lowest BCUT2D eigenvalue weighted by molar-refractivity contribution is -0.139. The first-order chi connectivity index (χ1) is 10.3. The van der Waals surface area contributed by atoms with E-state index in [1.165, 1.54) is 39.2 Å². The zero-order valence-corrected chi connectivity index (χ0v) is 12.3. The molecule has 1 aromatic rings. The van der Waals surface area contributed by atoms with E-state index in [1.807, 2.05) is 0 Å². The first kappa shape index (κ1) is 17.2. The molecule has 0 aliphatic carbocycles. The topological polar surface area (TPSA) is 108 Å². The van der Waals surface area contributed by atoms with Crippen LogP contribution in [0.25, 0.3) is 0 Å². The Morgan fingerprint density at radius 2 is 1.45 bits per heavy atom. The predicted molar refractivity (Wildman–Crippen MR) is 73.4 cm³/mol. The van der Waals surface area contributed by atoms with Crippen LogP contribution in [0.15, 0.2) is 18.2 Å². The molecule has 0 saturated heterocycles. The van der Waals surface area contributed by atoms with Crippen LogP contribution in [0.5, 0.6) is 11.5 Å². The van der Waals surface area contributed by atoms with Gasteiger partial charge in [0, 0.05) is 25.5 Å². The third kappa shape index (κ3) is 5.61. The number of carbonyl (C=O) groups is 4. The van der Waals surface area contributed by atoms with Crippen molar-refractivity contribution in [2.75, 3.05) is 13.7 Å². The van der Waals surface area contributed by atoms with Crippen molar-refractivity contribution in [3.63, 3.8) is 0 Å². The highest BCUT2D eigenvalue weighted by Gasteiger charge is 2.13. The lowest BCUT2D eigenvalue weighted by atomic mass is 10.2. The normalized spacial score (nSPS) is 9.59. The third-order valence-electron chi connectivity index (χ3n) is 2.29. The van der Waals surface area contributed by atoms with E-state index in [0.717, 1.165) is 0 Å². The molecular formula is C14H15NO7. The summed E-state index contributed by atoms with van der Waals surface area (Å²) >= 11 is 0. The summed E-state index contributed by atoms with van der Waals surface area (Å²) in [6.07, 6.45) is 0. The molecule has 0 aliphatic heterocycles. The van der Waals surface area contributed by atoms with Crippen LogP contribution in [-0.4, -0.2) is 37.5 Å². The van der Waals surface area contributed by atoms with Crippen LogP contribution in [0.2, 0.25) is 0 Å². The van der Waals surface area contributed by atoms with E-state index in [-0.39, 0.29) is 23.6 Å². The van der Waals surface area contributed by atoms with Gasteiger partial charge in [-0.05, 0) is 12.1 Å². The van der Waals surface area contributed by atoms with Crippen LogP contribution >= 0.6 is 0 Å². The Labute approximate surface area is 126 Å². The molecule has 0 fully saturated rings. The van der Waals surface area contributed by atoms with Gasteiger partial charge in [-0.25, -0.2) is 0 Å². The molecule has 0 atom stereocenters. The molecule has 0 aliphatic rings. The zero-order chi connectivity index (χ0) is 16.7. The minimum Gasteiger partial charge on any atom is -0.468 e. The Balaban J connectivity index is 3.00. The van der Waals surface area contributed by atoms with Crippen molar-refractivity contribution in [1.82, 2.24) is 5.32 Å². The molecule has 1 amide bonds. The largest absolute Gasteiger partial charge is 0.468 e. The van der Waals surface area contributed by atoms with E-state index >= 15 is 0 Å². The second kappa shape index (κ2) is 7.77. The van der Waals surface area contributed by atoms with Gasteiger partial charge in [0.05, 0.1) is 7.11 Å². The number of benzene rings is 1. The molecule has 0 heterocycles. The lowest BCUT2D eigenvalue weighted by Crippen LogP contribution is -2.30. The van der Waals surface area contributed by atoms with Crippen LogP contribution in [0, 0.1) is 0 Å². The minimum absolute atomic E-state index is 0.0365. The molecule has 0 saturated carbocycles. The molecule has 1 rings (SSSR count). The number of esters is 3. The summed E-state index contributed by atoms with van der Waals surface area (Å²) in [6.45, 7) is 2.06. The second-order valence-electron chi connectivity index (χ2n) is 4.14. The van der Waals surface area contributed by atoms with Crippen LogP contribution in [-0.2, 0) is 19.1 Å². The number of rotatable bonds is 5. The van der Waals surface area contributed by atoms with E-state index < -0.39 is 23.8 Å². The fraction of sp³-hybridized carbons (Fsp3) is 0.286. The number of hydrogen-bond acceptors (Lipinski definition) is 7. The molecule has 0 aromatic heterocycles. The Kier molecular flexibility index (Phi) is 6.06. The fourth-order valence-corrected chi connectivity index (χ4v) is 1.48. The van der Waals surface area contributed by atoms with Crippen LogP contribution in [0.1, 0.15) is 24.2 Å². The lowest BCUT2D eigenvalue weighted by Gasteiger charge is -2.09. The van der Waals surface area contributed by atoms with Gasteiger partial charge in [0.1, 0.15) is 18.0 Å². The summed E-state index contributed by atoms with van der Waals surface area (Å²) in [7, 11) is 1.19. The van der Waals surface area contributed by atoms with Crippen molar-refractivity contribution in [2.24, 2.45) is 0 Å². The van der Waals surface area contributed by atoms with Gasteiger partial charge >= 0.3 is 17.9 Å². The van der Waals surface area contributed by atoms with Gasteiger partial charge in [-0.15, -0.1) is 0 Å². The summed E-state index contributed by atoms with van der Waals surface area (Å²) in [5, 5.41) is 2.32. The maximum Gasteiger partial charge on any atom is 0.325 e. The Hall–Kier alpha value is -2.90. The van der Waals surface area contributed by atoms with E-state index in [9.17, 15) is 19.2 Å². The van der Waals surface area contributed by atoms with Gasteiger partial charge in [0.15, 0.2) is 0 Å². The van der Waals surface area contributed by atoms with Crippen LogP contribution in [0.3, 0.4) is 0 Å². The highest BCUT2D eigenvalue weighted by atomic mass is 16.5. The van der Waals surface area contributed by atoms with Crippen molar-refractivity contribution < 1.29 is 33.4 Å². The van der Waals surface area contributed by atoms with Crippen molar-refractivity contribution in [1.29, 1.82) is 0 Å². The SMILES string of the molecule is COC(=O)CNC(=O)c1cc(OC(C)=O)cc(OC(C)=O)c1. The van der Waals surface area contributed by atoms with E-state index in [0.29, 0.717) is 0 Å². The van der Waals surface area contributed by atoms with E-state index in [1.54, 1.807) is 0 Å². The summed E-state index contributed by atoms with van der Waals surface area (Å²) < 4.78 is 14.1. The van der Waals surface area contributed by atoms with Gasteiger partial charge in [0.2, 0.25) is 0 Å². The molecule has 1 N–H and O–H groups in total. The predicted octanol–water partition coefficient (Wildman–Crippen LogP) is 0.440. The highest BCUT2D eigenvalue weighted by Crippen LogP contribution is 2.23. The molecule has 118 valence electrons. The third-order valence-corrected chi connectivity index (χ3v) is 2.29. The zero-order valence-electron chi connectivity index (χ0n) is 12.3. The Bertz CT molecular complexity index is 575. The van der Waals surface area contributed by atoms with Crippen molar-refractivity contribution in [3.05, 3.63) is 23.8 Å². The number of carbonyl (C=O) groups excluding carboxylic acids is 4. The van der Waals surface area contributed by atoms with Gasteiger partial charge in [-0.3, -0.25) is 19.2 Å². The molecule has 0 spiro atoms. The maximum atomic E-state index is 11.9. The minimum atomic E-state index is -0.621. The molecule has 22 heavy (non-hydrogen) atoms. The average molecular weight is 309 g/mol. The molecule has 1 aromatic carbocycles. The smallest absolute Gasteiger partial charge is 0.325 e. The molecule has 0 radical (unpaired) electrons. The molecule has 0 bridgehead atoms. The molecule has 8 nitrogen and oxygen atoms in total. The highest BCUT2D eigenvalue weighted by molar-refractivity contribution is 5.97. The Morgan fingerprint density at radius 3 is 1.86 bits per heavy atom. The summed E-state index contributed by atoms with van der Waals surface area (Å²) in [4.78, 5) is 44.9. The number of hydrogen-bond donors (Lipinski definition) is 1. The fourth-order valence-electron chi connectivity index (χ4n) is 1.48. The second-order valence-corrected chi connectivity index (χ2v) is 4.14. The van der Waals surface area contributed by atoms with Gasteiger partial charge in [0.25, 0.3) is 5.91 Å². The van der Waals surface area contributed by atoms with Gasteiger partial charge in [-0.2, -0.15) is 0 Å². The van der Waals surface area contributed by atoms with Crippen molar-refractivity contribution in [2.45, 2.75) is 13.8 Å².